The minimum absolute atomic E-state index is 0.350. The normalized spacial score (nSPS) is 11.0. The molecule has 0 atom stereocenters. The van der Waals surface area contributed by atoms with Gasteiger partial charge in [0, 0.05) is 10.9 Å². The summed E-state index contributed by atoms with van der Waals surface area (Å²) in [5.74, 6) is -0.440. The lowest BCUT2D eigenvalue weighted by Crippen LogP contribution is -2.23. The molecule has 0 saturated carbocycles. The molecule has 0 aromatic carbocycles. The van der Waals surface area contributed by atoms with Gasteiger partial charge in [-0.3, -0.25) is 0 Å². The molecule has 6 heteroatoms. The van der Waals surface area contributed by atoms with Crippen LogP contribution in [0.25, 0.3) is 0 Å². The van der Waals surface area contributed by atoms with Crippen molar-refractivity contribution in [3.63, 3.8) is 0 Å². The molecule has 0 spiro atoms. The lowest BCUT2D eigenvalue weighted by atomic mass is 10.1. The Balaban J connectivity index is 3.16. The molecule has 0 aliphatic carbocycles. The second-order valence-electron chi connectivity index (χ2n) is 4.40. The zero-order valence-corrected chi connectivity index (χ0v) is 12.2. The number of esters is 1. The van der Waals surface area contributed by atoms with Gasteiger partial charge in [0.15, 0.2) is 0 Å². The summed E-state index contributed by atoms with van der Waals surface area (Å²) in [5.41, 5.74) is 6.09. The molecule has 0 fully saturated rings. The quantitative estimate of drug-likeness (QED) is 0.672. The monoisotopic (exact) mass is 316 g/mol. The Bertz CT molecular complexity index is 483. The summed E-state index contributed by atoms with van der Waals surface area (Å²) in [4.78, 5) is 12.3. The lowest BCUT2D eigenvalue weighted by Gasteiger charge is -2.19. The third kappa shape index (κ3) is 3.20. The fourth-order valence-electron chi connectivity index (χ4n) is 1.22. The van der Waals surface area contributed by atoms with E-state index in [-0.39, 0.29) is 0 Å². The molecule has 4 nitrogen and oxygen atoms in total. The smallest absolute Gasteiger partial charge is 0.349 e. The Hall–Kier alpha value is -1.06. The molecule has 2 N–H and O–H groups in total. The van der Waals surface area contributed by atoms with E-state index in [0.29, 0.717) is 26.3 Å². The van der Waals surface area contributed by atoms with E-state index in [1.165, 1.54) is 0 Å². The van der Waals surface area contributed by atoms with Crippen LogP contribution in [0.3, 0.4) is 0 Å². The zero-order valence-electron chi connectivity index (χ0n) is 9.83. The van der Waals surface area contributed by atoms with E-state index in [2.05, 4.69) is 15.9 Å². The number of hydrogen-bond donors (Lipinski definition) is 1. The first-order valence-electron chi connectivity index (χ1n) is 4.90. The number of halogens is 1. The summed E-state index contributed by atoms with van der Waals surface area (Å²) in [6.07, 6.45) is 0. The van der Waals surface area contributed by atoms with E-state index in [0.717, 1.165) is 11.3 Å². The lowest BCUT2D eigenvalue weighted by molar-refractivity contribution is 0.00744. The van der Waals surface area contributed by atoms with E-state index in [4.69, 9.17) is 15.7 Å². The van der Waals surface area contributed by atoms with Crippen molar-refractivity contribution in [1.29, 1.82) is 5.26 Å². The second kappa shape index (κ2) is 5.07. The van der Waals surface area contributed by atoms with E-state index in [1.54, 1.807) is 20.8 Å². The number of nitriles is 1. The molecule has 0 bridgehead atoms. The Labute approximate surface area is 113 Å². The number of carbonyl (C=O) groups is 1. The molecule has 0 saturated heterocycles. The maximum Gasteiger partial charge on any atom is 0.349 e. The number of carbonyl (C=O) groups excluding carboxylic acids is 1. The summed E-state index contributed by atoms with van der Waals surface area (Å²) in [6, 6.07) is 2.00. The van der Waals surface area contributed by atoms with Crippen LogP contribution in [-0.4, -0.2) is 11.6 Å². The zero-order chi connectivity index (χ0) is 13.2. The van der Waals surface area contributed by atoms with E-state index in [9.17, 15) is 4.79 Å². The van der Waals surface area contributed by atoms with Gasteiger partial charge in [0.25, 0.3) is 0 Å². The first-order valence-corrected chi connectivity index (χ1v) is 6.84. The fraction of sp³-hybridized carbons (Fsp3) is 0.455. The number of anilines is 1. The highest BCUT2D eigenvalue weighted by molar-refractivity contribution is 9.08. The molecule has 0 aliphatic rings. The van der Waals surface area contributed by atoms with Crippen molar-refractivity contribution in [2.75, 3.05) is 5.73 Å². The molecule has 1 heterocycles. The van der Waals surface area contributed by atoms with E-state index in [1.807, 2.05) is 6.07 Å². The first-order chi connectivity index (χ1) is 7.80. The molecule has 0 amide bonds. The largest absolute Gasteiger partial charge is 0.456 e. The van der Waals surface area contributed by atoms with Crippen molar-refractivity contribution in [1.82, 2.24) is 0 Å². The number of ether oxygens (including phenoxy) is 1. The average Bonchev–Trinajstić information content (AvgIpc) is 2.51. The average molecular weight is 317 g/mol. The van der Waals surface area contributed by atoms with Crippen molar-refractivity contribution in [2.45, 2.75) is 31.7 Å². The number of hydrogen-bond acceptors (Lipinski definition) is 5. The highest BCUT2D eigenvalue weighted by Gasteiger charge is 2.25. The maximum atomic E-state index is 11.9. The molecule has 1 aromatic rings. The van der Waals surface area contributed by atoms with Crippen LogP contribution in [0, 0.1) is 11.3 Å². The second-order valence-corrected chi connectivity index (χ2v) is 6.01. The fourth-order valence-corrected chi connectivity index (χ4v) is 2.88. The van der Waals surface area contributed by atoms with Crippen LogP contribution in [0.2, 0.25) is 0 Å². The van der Waals surface area contributed by atoms with Gasteiger partial charge in [-0.1, -0.05) is 15.9 Å². The summed E-state index contributed by atoms with van der Waals surface area (Å²) in [7, 11) is 0. The number of nitrogens with two attached hydrogens (primary N) is 1. The van der Waals surface area contributed by atoms with Gasteiger partial charge >= 0.3 is 5.97 Å². The standard InChI is InChI=1S/C11H13BrN2O2S/c1-11(2,3)16-10(15)8-6(4-12)7(5-13)9(14)17-8/h4,14H2,1-3H3. The van der Waals surface area contributed by atoms with Crippen LogP contribution in [0.1, 0.15) is 41.6 Å². The van der Waals surface area contributed by atoms with Crippen LogP contribution >= 0.6 is 27.3 Å². The molecule has 0 aliphatic heterocycles. The van der Waals surface area contributed by atoms with Gasteiger partial charge < -0.3 is 10.5 Å². The van der Waals surface area contributed by atoms with Gasteiger partial charge in [-0.15, -0.1) is 11.3 Å². The van der Waals surface area contributed by atoms with Crippen LogP contribution in [0.5, 0.6) is 0 Å². The molecule has 1 aromatic heterocycles. The van der Waals surface area contributed by atoms with Crippen LogP contribution in [0.4, 0.5) is 5.00 Å². The van der Waals surface area contributed by atoms with Gasteiger partial charge in [-0.2, -0.15) is 5.26 Å². The summed E-state index contributed by atoms with van der Waals surface area (Å²) < 4.78 is 5.26. The van der Waals surface area contributed by atoms with Crippen LogP contribution < -0.4 is 5.73 Å². The van der Waals surface area contributed by atoms with Crippen molar-refractivity contribution >= 4 is 38.2 Å². The summed E-state index contributed by atoms with van der Waals surface area (Å²) in [6.45, 7) is 5.38. The molecular formula is C11H13BrN2O2S. The number of rotatable bonds is 2. The van der Waals surface area contributed by atoms with Gasteiger partial charge in [0.1, 0.15) is 21.5 Å². The Morgan fingerprint density at radius 1 is 1.59 bits per heavy atom. The topological polar surface area (TPSA) is 76.1 Å². The number of alkyl halides is 1. The predicted molar refractivity (Wildman–Crippen MR) is 71.2 cm³/mol. The number of nitrogens with zero attached hydrogens (tertiary/aromatic N) is 1. The van der Waals surface area contributed by atoms with E-state index < -0.39 is 11.6 Å². The van der Waals surface area contributed by atoms with Crippen molar-refractivity contribution in [2.24, 2.45) is 0 Å². The minimum atomic E-state index is -0.563. The van der Waals surface area contributed by atoms with Crippen molar-refractivity contribution in [3.8, 4) is 6.07 Å². The number of nitrogen functional groups attached to an aromatic ring is 1. The van der Waals surface area contributed by atoms with Crippen LogP contribution in [-0.2, 0) is 10.1 Å². The molecule has 0 radical (unpaired) electrons. The van der Waals surface area contributed by atoms with E-state index >= 15 is 0 Å². The maximum absolute atomic E-state index is 11.9. The summed E-state index contributed by atoms with van der Waals surface area (Å²) >= 11 is 4.34. The van der Waals surface area contributed by atoms with Gasteiger partial charge in [0.2, 0.25) is 0 Å². The SMILES string of the molecule is CC(C)(C)OC(=O)c1sc(N)c(C#N)c1CBr. The molecule has 92 valence electrons. The third-order valence-electron chi connectivity index (χ3n) is 1.86. The van der Waals surface area contributed by atoms with Crippen molar-refractivity contribution in [3.05, 3.63) is 16.0 Å². The van der Waals surface area contributed by atoms with Gasteiger partial charge in [-0.05, 0) is 20.8 Å². The Morgan fingerprint density at radius 3 is 2.59 bits per heavy atom. The highest BCUT2D eigenvalue weighted by Crippen LogP contribution is 2.33. The molecule has 0 unspecified atom stereocenters. The minimum Gasteiger partial charge on any atom is -0.456 e. The molecule has 1 rings (SSSR count). The highest BCUT2D eigenvalue weighted by atomic mass is 79.9. The predicted octanol–water partition coefficient (Wildman–Crippen LogP) is 3.05. The molecular weight excluding hydrogens is 304 g/mol. The first kappa shape index (κ1) is 14.0. The summed E-state index contributed by atoms with van der Waals surface area (Å²) in [5, 5.41) is 9.71. The Morgan fingerprint density at radius 2 is 2.18 bits per heavy atom. The Kier molecular flexibility index (Phi) is 4.17. The van der Waals surface area contributed by atoms with Crippen LogP contribution in [0.15, 0.2) is 0 Å². The number of thiophene rings is 1. The molecule has 17 heavy (non-hydrogen) atoms. The van der Waals surface area contributed by atoms with Gasteiger partial charge in [-0.25, -0.2) is 4.79 Å². The van der Waals surface area contributed by atoms with Crippen molar-refractivity contribution < 1.29 is 9.53 Å². The van der Waals surface area contributed by atoms with Gasteiger partial charge in [0.05, 0.1) is 5.56 Å². The third-order valence-corrected chi connectivity index (χ3v) is 3.47.